The minimum Gasteiger partial charge on any atom is -0.300 e. The van der Waals surface area contributed by atoms with Crippen molar-refractivity contribution in [1.82, 2.24) is 0 Å². The molecular formula is C15H20O5. The number of hydrogen-bond donors (Lipinski definition) is 0. The molecule has 0 spiro atoms. The molecule has 0 bridgehead atoms. The molecule has 0 N–H and O–H groups in total. The highest BCUT2D eigenvalue weighted by atomic mass is 16.1. The van der Waals surface area contributed by atoms with E-state index in [0.29, 0.717) is 0 Å². The summed E-state index contributed by atoms with van der Waals surface area (Å²) in [6.07, 6.45) is 1.38. The van der Waals surface area contributed by atoms with Crippen molar-refractivity contribution in [3.8, 4) is 0 Å². The van der Waals surface area contributed by atoms with Gasteiger partial charge in [-0.1, -0.05) is 0 Å². The number of carbonyl (C=O) groups excluding carboxylic acids is 5. The molecule has 0 saturated heterocycles. The topological polar surface area (TPSA) is 85.3 Å². The fourth-order valence-electron chi connectivity index (χ4n) is 2.02. The summed E-state index contributed by atoms with van der Waals surface area (Å²) in [7, 11) is 0. The Morgan fingerprint density at radius 3 is 0.500 bits per heavy atom. The molecule has 5 nitrogen and oxygen atoms in total. The second-order valence-electron chi connectivity index (χ2n) is 5.19. The van der Waals surface area contributed by atoms with Crippen molar-refractivity contribution in [2.75, 3.05) is 0 Å². The van der Waals surface area contributed by atoms with Gasteiger partial charge < -0.3 is 0 Å². The van der Waals surface area contributed by atoms with Crippen LogP contribution in [-0.2, 0) is 24.0 Å². The van der Waals surface area contributed by atoms with Gasteiger partial charge in [0.05, 0.1) is 0 Å². The van der Waals surface area contributed by atoms with Crippen molar-refractivity contribution >= 4 is 28.9 Å². The highest BCUT2D eigenvalue weighted by Gasteiger charge is 2.14. The number of carbonyl (C=O) groups is 5. The Balaban J connectivity index is 2.56. The van der Waals surface area contributed by atoms with Crippen LogP contribution in [0.1, 0.15) is 64.2 Å². The largest absolute Gasteiger partial charge is 0.300 e. The fourth-order valence-corrected chi connectivity index (χ4v) is 2.02. The Kier molecular flexibility index (Phi) is 6.98. The predicted molar refractivity (Wildman–Crippen MR) is 71.2 cm³/mol. The lowest BCUT2D eigenvalue weighted by Gasteiger charge is -2.00. The Labute approximate surface area is 118 Å². The summed E-state index contributed by atoms with van der Waals surface area (Å²) in [5.41, 5.74) is 0. The van der Waals surface area contributed by atoms with Gasteiger partial charge in [0, 0.05) is 64.2 Å². The van der Waals surface area contributed by atoms with Crippen LogP contribution in [-0.4, -0.2) is 28.9 Å². The van der Waals surface area contributed by atoms with Crippen molar-refractivity contribution in [2.24, 2.45) is 0 Å². The molecule has 1 aliphatic carbocycles. The summed E-state index contributed by atoms with van der Waals surface area (Å²) in [6.45, 7) is 0. The van der Waals surface area contributed by atoms with Crippen LogP contribution in [0.2, 0.25) is 0 Å². The number of ketones is 5. The van der Waals surface area contributed by atoms with E-state index in [9.17, 15) is 24.0 Å². The second-order valence-corrected chi connectivity index (χ2v) is 5.19. The summed E-state index contributed by atoms with van der Waals surface area (Å²) in [4.78, 5) is 57.5. The van der Waals surface area contributed by atoms with Gasteiger partial charge in [0.25, 0.3) is 0 Å². The molecule has 1 rings (SSSR count). The van der Waals surface area contributed by atoms with E-state index in [1.54, 1.807) is 0 Å². The van der Waals surface area contributed by atoms with Gasteiger partial charge in [0.1, 0.15) is 28.9 Å². The molecule has 0 heterocycles. The minimum atomic E-state index is -0.112. The minimum absolute atomic E-state index is 0.112. The molecule has 1 saturated carbocycles. The maximum absolute atomic E-state index is 11.5. The van der Waals surface area contributed by atoms with E-state index in [4.69, 9.17) is 0 Å². The molecule has 0 aliphatic heterocycles. The van der Waals surface area contributed by atoms with Crippen molar-refractivity contribution < 1.29 is 24.0 Å². The quantitative estimate of drug-likeness (QED) is 0.674. The van der Waals surface area contributed by atoms with Crippen molar-refractivity contribution in [1.29, 1.82) is 0 Å². The number of hydrogen-bond acceptors (Lipinski definition) is 5. The van der Waals surface area contributed by atoms with Crippen LogP contribution < -0.4 is 0 Å². The lowest BCUT2D eigenvalue weighted by atomic mass is 10.0. The van der Waals surface area contributed by atoms with Crippen LogP contribution >= 0.6 is 0 Å². The fraction of sp³-hybridized carbons (Fsp3) is 0.667. The van der Waals surface area contributed by atoms with Gasteiger partial charge in [-0.15, -0.1) is 0 Å². The first-order valence-electron chi connectivity index (χ1n) is 7.06. The highest BCUT2D eigenvalue weighted by Crippen LogP contribution is 2.10. The van der Waals surface area contributed by atoms with Gasteiger partial charge in [-0.3, -0.25) is 24.0 Å². The lowest BCUT2D eigenvalue weighted by molar-refractivity contribution is -0.127. The average molecular weight is 280 g/mol. The number of rotatable bonds is 0. The van der Waals surface area contributed by atoms with E-state index in [0.717, 1.165) is 0 Å². The Morgan fingerprint density at radius 1 is 0.300 bits per heavy atom. The van der Waals surface area contributed by atoms with Gasteiger partial charge >= 0.3 is 0 Å². The molecule has 5 heteroatoms. The van der Waals surface area contributed by atoms with Gasteiger partial charge in [-0.2, -0.15) is 0 Å². The van der Waals surface area contributed by atoms with Crippen molar-refractivity contribution in [3.63, 3.8) is 0 Å². The highest BCUT2D eigenvalue weighted by molar-refractivity contribution is 5.93. The zero-order valence-corrected chi connectivity index (χ0v) is 11.6. The monoisotopic (exact) mass is 280 g/mol. The molecule has 0 aromatic heterocycles. The van der Waals surface area contributed by atoms with E-state index < -0.39 is 0 Å². The van der Waals surface area contributed by atoms with Gasteiger partial charge in [-0.25, -0.2) is 0 Å². The van der Waals surface area contributed by atoms with E-state index in [-0.39, 0.29) is 93.1 Å². The molecule has 0 aromatic rings. The molecule has 110 valence electrons. The smallest absolute Gasteiger partial charge is 0.133 e. The van der Waals surface area contributed by atoms with Gasteiger partial charge in [0.2, 0.25) is 0 Å². The lowest BCUT2D eigenvalue weighted by Crippen LogP contribution is -2.08. The van der Waals surface area contributed by atoms with Crippen LogP contribution in [0.3, 0.4) is 0 Å². The summed E-state index contributed by atoms with van der Waals surface area (Å²) in [6, 6.07) is 0. The van der Waals surface area contributed by atoms with Crippen molar-refractivity contribution in [2.45, 2.75) is 64.2 Å². The van der Waals surface area contributed by atoms with Crippen LogP contribution in [0, 0.1) is 0 Å². The first-order chi connectivity index (χ1) is 9.47. The maximum Gasteiger partial charge on any atom is 0.133 e. The number of Topliss-reactive ketones (excluding diaryl/α,β-unsaturated/α-hetero) is 5. The Morgan fingerprint density at radius 2 is 0.400 bits per heavy atom. The van der Waals surface area contributed by atoms with Gasteiger partial charge in [0.15, 0.2) is 0 Å². The molecule has 1 aliphatic rings. The molecule has 0 atom stereocenters. The third-order valence-corrected chi connectivity index (χ3v) is 3.41. The van der Waals surface area contributed by atoms with E-state index >= 15 is 0 Å². The first kappa shape index (κ1) is 16.4. The zero-order chi connectivity index (χ0) is 15.0. The summed E-state index contributed by atoms with van der Waals surface area (Å²) in [5, 5.41) is 0. The third-order valence-electron chi connectivity index (χ3n) is 3.41. The van der Waals surface area contributed by atoms with Crippen LogP contribution in [0.4, 0.5) is 0 Å². The Bertz CT molecular complexity index is 299. The summed E-state index contributed by atoms with van der Waals surface area (Å²) < 4.78 is 0. The molecule has 0 amide bonds. The SMILES string of the molecule is O=C1CCC(=O)CCC(=O)CCC(=O)CCC(=O)CC1. The van der Waals surface area contributed by atoms with Gasteiger partial charge in [-0.05, 0) is 0 Å². The third kappa shape index (κ3) is 7.07. The summed E-state index contributed by atoms with van der Waals surface area (Å²) >= 11 is 0. The molecular weight excluding hydrogens is 260 g/mol. The maximum atomic E-state index is 11.5. The second kappa shape index (κ2) is 8.51. The normalized spacial score (nSPS) is 21.5. The molecule has 20 heavy (non-hydrogen) atoms. The average Bonchev–Trinajstić information content (AvgIpc) is 2.43. The molecule has 0 aromatic carbocycles. The van der Waals surface area contributed by atoms with E-state index in [1.165, 1.54) is 0 Å². The first-order valence-corrected chi connectivity index (χ1v) is 7.06. The van der Waals surface area contributed by atoms with Crippen LogP contribution in [0.5, 0.6) is 0 Å². The zero-order valence-electron chi connectivity index (χ0n) is 11.6. The standard InChI is InChI=1S/C15H20O5/c16-11-1-2-12(17)5-6-14(19)9-10-15(20)8-7-13(18)4-3-11/h1-10H2. The van der Waals surface area contributed by atoms with E-state index in [2.05, 4.69) is 0 Å². The predicted octanol–water partition coefficient (Wildman–Crippen LogP) is 1.75. The molecule has 0 unspecified atom stereocenters. The van der Waals surface area contributed by atoms with Crippen molar-refractivity contribution in [3.05, 3.63) is 0 Å². The molecule has 0 radical (unpaired) electrons. The van der Waals surface area contributed by atoms with E-state index in [1.807, 2.05) is 0 Å². The summed E-state index contributed by atoms with van der Waals surface area (Å²) in [5.74, 6) is -0.559. The Hall–Kier alpha value is -1.65. The van der Waals surface area contributed by atoms with Crippen LogP contribution in [0.25, 0.3) is 0 Å². The molecule has 1 fully saturated rings. The van der Waals surface area contributed by atoms with Crippen LogP contribution in [0.15, 0.2) is 0 Å².